The van der Waals surface area contributed by atoms with Gasteiger partial charge in [0.25, 0.3) is 0 Å². The molecule has 3 atom stereocenters. The highest BCUT2D eigenvalue weighted by Gasteiger charge is 2.25. The quantitative estimate of drug-likeness (QED) is 0.701. The van der Waals surface area contributed by atoms with Crippen LogP contribution in [0.4, 0.5) is 0 Å². The number of rotatable bonds is 6. The molecule has 1 fully saturated rings. The van der Waals surface area contributed by atoms with E-state index in [2.05, 4.69) is 40.3 Å². The zero-order valence-corrected chi connectivity index (χ0v) is 16.0. The predicted molar refractivity (Wildman–Crippen MR) is 99.7 cm³/mol. The van der Waals surface area contributed by atoms with Crippen molar-refractivity contribution < 1.29 is 4.79 Å². The van der Waals surface area contributed by atoms with Gasteiger partial charge >= 0.3 is 0 Å². The number of benzene rings is 1. The van der Waals surface area contributed by atoms with Crippen LogP contribution in [0, 0.1) is 5.92 Å². The smallest absolute Gasteiger partial charge is 0.220 e. The minimum atomic E-state index is 0. The molecule has 1 aliphatic carbocycles. The Labute approximate surface area is 151 Å². The maximum absolute atomic E-state index is 12.0. The topological polar surface area (TPSA) is 55.1 Å². The van der Waals surface area contributed by atoms with Crippen LogP contribution in [0.3, 0.4) is 0 Å². The highest BCUT2D eigenvalue weighted by molar-refractivity contribution is 9.10. The first-order valence-corrected chi connectivity index (χ1v) is 9.16. The van der Waals surface area contributed by atoms with Gasteiger partial charge in [0.15, 0.2) is 0 Å². The monoisotopic (exact) mass is 406 g/mol. The standard InChI is InChI=1S/C16H23BrN2OS.ClH/c1-11(21-14-7-5-13(17)6-8-14)10-19-16(20)9-12-3-2-4-15(12)18;/h5-8,11-12,15H,2-4,9-10,18H2,1H3,(H,19,20);1H/t11?,12-,15+;/m0./s1. The SMILES string of the molecule is CC(CNC(=O)C[C@@H]1CCC[C@H]1N)Sc1ccc(Br)cc1.Cl. The summed E-state index contributed by atoms with van der Waals surface area (Å²) < 4.78 is 1.08. The van der Waals surface area contributed by atoms with Crippen molar-refractivity contribution in [2.45, 2.75) is 48.8 Å². The molecule has 22 heavy (non-hydrogen) atoms. The third kappa shape index (κ3) is 6.49. The van der Waals surface area contributed by atoms with E-state index < -0.39 is 0 Å². The van der Waals surface area contributed by atoms with Crippen molar-refractivity contribution in [3.63, 3.8) is 0 Å². The van der Waals surface area contributed by atoms with Gasteiger partial charge in [-0.05, 0) is 43.0 Å². The molecule has 0 saturated heterocycles. The summed E-state index contributed by atoms with van der Waals surface area (Å²) in [4.78, 5) is 13.2. The summed E-state index contributed by atoms with van der Waals surface area (Å²) in [5.41, 5.74) is 6.01. The van der Waals surface area contributed by atoms with Gasteiger partial charge in [-0.15, -0.1) is 24.2 Å². The Morgan fingerprint density at radius 3 is 2.68 bits per heavy atom. The summed E-state index contributed by atoms with van der Waals surface area (Å²) in [6.45, 7) is 2.83. The van der Waals surface area contributed by atoms with Gasteiger partial charge in [-0.1, -0.05) is 29.3 Å². The van der Waals surface area contributed by atoms with Gasteiger partial charge in [-0.3, -0.25) is 4.79 Å². The molecule has 2 rings (SSSR count). The fourth-order valence-electron chi connectivity index (χ4n) is 2.67. The van der Waals surface area contributed by atoms with E-state index in [1.54, 1.807) is 11.8 Å². The summed E-state index contributed by atoms with van der Waals surface area (Å²) in [5, 5.41) is 3.39. The van der Waals surface area contributed by atoms with Crippen LogP contribution in [0.2, 0.25) is 0 Å². The zero-order valence-electron chi connectivity index (χ0n) is 12.8. The molecular weight excluding hydrogens is 384 g/mol. The van der Waals surface area contributed by atoms with E-state index in [1.165, 1.54) is 4.90 Å². The van der Waals surface area contributed by atoms with E-state index in [0.29, 0.717) is 24.1 Å². The lowest BCUT2D eigenvalue weighted by Gasteiger charge is -2.16. The minimum absolute atomic E-state index is 0. The van der Waals surface area contributed by atoms with Crippen LogP contribution < -0.4 is 11.1 Å². The number of nitrogens with one attached hydrogen (secondary N) is 1. The summed E-state index contributed by atoms with van der Waals surface area (Å²) >= 11 is 5.21. The molecule has 1 aliphatic rings. The van der Waals surface area contributed by atoms with Crippen LogP contribution in [-0.4, -0.2) is 23.7 Å². The summed E-state index contributed by atoms with van der Waals surface area (Å²) in [5.74, 6) is 0.514. The fraction of sp³-hybridized carbons (Fsp3) is 0.562. The van der Waals surface area contributed by atoms with Gasteiger partial charge in [0, 0.05) is 33.6 Å². The molecule has 1 aromatic rings. The first-order valence-electron chi connectivity index (χ1n) is 7.49. The second-order valence-corrected chi connectivity index (χ2v) is 8.17. The molecule has 3 N–H and O–H groups in total. The number of amides is 1. The van der Waals surface area contributed by atoms with Crippen LogP contribution in [-0.2, 0) is 4.79 Å². The number of hydrogen-bond acceptors (Lipinski definition) is 3. The molecule has 0 spiro atoms. The maximum Gasteiger partial charge on any atom is 0.220 e. The summed E-state index contributed by atoms with van der Waals surface area (Å²) in [7, 11) is 0. The molecule has 0 radical (unpaired) electrons. The van der Waals surface area contributed by atoms with Crippen LogP contribution in [0.25, 0.3) is 0 Å². The Kier molecular flexibility index (Phi) is 8.83. The number of carbonyl (C=O) groups is 1. The number of thioether (sulfide) groups is 1. The molecule has 0 heterocycles. The van der Waals surface area contributed by atoms with Gasteiger partial charge in [0.2, 0.25) is 5.91 Å². The number of nitrogens with two attached hydrogens (primary N) is 1. The first-order chi connectivity index (χ1) is 10.0. The number of halogens is 2. The van der Waals surface area contributed by atoms with E-state index in [4.69, 9.17) is 5.73 Å². The third-order valence-corrected chi connectivity index (χ3v) is 5.55. The predicted octanol–water partition coefficient (Wildman–Crippen LogP) is 3.99. The van der Waals surface area contributed by atoms with Crippen molar-refractivity contribution in [3.05, 3.63) is 28.7 Å². The molecule has 3 nitrogen and oxygen atoms in total. The highest BCUT2D eigenvalue weighted by atomic mass is 79.9. The molecule has 1 saturated carbocycles. The van der Waals surface area contributed by atoms with Gasteiger partial charge in [0.1, 0.15) is 0 Å². The van der Waals surface area contributed by atoms with E-state index in [9.17, 15) is 4.79 Å². The molecule has 6 heteroatoms. The first kappa shape index (κ1) is 19.8. The molecule has 1 aromatic carbocycles. The van der Waals surface area contributed by atoms with Gasteiger partial charge in [0.05, 0.1) is 0 Å². The van der Waals surface area contributed by atoms with E-state index in [0.717, 1.165) is 23.7 Å². The second-order valence-electron chi connectivity index (χ2n) is 5.75. The molecule has 0 aliphatic heterocycles. The molecule has 1 unspecified atom stereocenters. The van der Waals surface area contributed by atoms with Crippen molar-refractivity contribution in [2.24, 2.45) is 11.7 Å². The minimum Gasteiger partial charge on any atom is -0.355 e. The lowest BCUT2D eigenvalue weighted by molar-refractivity contribution is -0.122. The van der Waals surface area contributed by atoms with Gasteiger partial charge in [-0.25, -0.2) is 0 Å². The Balaban J connectivity index is 0.00000242. The van der Waals surface area contributed by atoms with Crippen molar-refractivity contribution in [1.82, 2.24) is 5.32 Å². The van der Waals surface area contributed by atoms with Gasteiger partial charge in [-0.2, -0.15) is 0 Å². The molecule has 0 aromatic heterocycles. The third-order valence-electron chi connectivity index (χ3n) is 3.90. The van der Waals surface area contributed by atoms with Crippen molar-refractivity contribution in [1.29, 1.82) is 0 Å². The van der Waals surface area contributed by atoms with Crippen LogP contribution >= 0.6 is 40.1 Å². The Morgan fingerprint density at radius 2 is 2.09 bits per heavy atom. The van der Waals surface area contributed by atoms with Crippen LogP contribution in [0.1, 0.15) is 32.6 Å². The van der Waals surface area contributed by atoms with E-state index >= 15 is 0 Å². The highest BCUT2D eigenvalue weighted by Crippen LogP contribution is 2.27. The largest absolute Gasteiger partial charge is 0.355 e. The zero-order chi connectivity index (χ0) is 15.2. The fourth-order valence-corrected chi connectivity index (χ4v) is 3.86. The van der Waals surface area contributed by atoms with Crippen LogP contribution in [0.5, 0.6) is 0 Å². The molecule has 124 valence electrons. The lowest BCUT2D eigenvalue weighted by atomic mass is 10.00. The Hall–Kier alpha value is -0.230. The molecular formula is C16H24BrClN2OS. The number of hydrogen-bond donors (Lipinski definition) is 2. The summed E-state index contributed by atoms with van der Waals surface area (Å²) in [6, 6.07) is 8.46. The lowest BCUT2D eigenvalue weighted by Crippen LogP contribution is -2.34. The average molecular weight is 408 g/mol. The van der Waals surface area contributed by atoms with Crippen LogP contribution in [0.15, 0.2) is 33.6 Å². The summed E-state index contributed by atoms with van der Waals surface area (Å²) in [6.07, 6.45) is 3.90. The Bertz CT molecular complexity index is 472. The second kappa shape index (κ2) is 9.81. The average Bonchev–Trinajstić information content (AvgIpc) is 2.85. The van der Waals surface area contributed by atoms with Crippen molar-refractivity contribution in [3.8, 4) is 0 Å². The van der Waals surface area contributed by atoms with Gasteiger partial charge < -0.3 is 11.1 Å². The number of carbonyl (C=O) groups excluding carboxylic acids is 1. The normalized spacial score (nSPS) is 22.0. The van der Waals surface area contributed by atoms with E-state index in [-0.39, 0.29) is 24.4 Å². The van der Waals surface area contributed by atoms with E-state index in [1.807, 2.05) is 12.1 Å². The maximum atomic E-state index is 12.0. The molecule has 0 bridgehead atoms. The van der Waals surface area contributed by atoms with Crippen molar-refractivity contribution >= 4 is 46.0 Å². The Morgan fingerprint density at radius 1 is 1.41 bits per heavy atom. The molecule has 1 amide bonds. The van der Waals surface area contributed by atoms with Crippen molar-refractivity contribution in [2.75, 3.05) is 6.54 Å².